The summed E-state index contributed by atoms with van der Waals surface area (Å²) in [5, 5.41) is 5.62. The highest BCUT2D eigenvalue weighted by Crippen LogP contribution is 2.10. The lowest BCUT2D eigenvalue weighted by Crippen LogP contribution is -2.33. The molecular formula is C10H16N4O. The number of amides is 1. The predicted octanol–water partition coefficient (Wildman–Crippen LogP) is 0.182. The zero-order valence-corrected chi connectivity index (χ0v) is 9.24. The van der Waals surface area contributed by atoms with E-state index in [2.05, 4.69) is 20.6 Å². The molecule has 1 aromatic heterocycles. The Hall–Kier alpha value is -1.49. The van der Waals surface area contributed by atoms with Gasteiger partial charge in [0.05, 0.1) is 17.9 Å². The van der Waals surface area contributed by atoms with Crippen molar-refractivity contribution in [1.82, 2.24) is 20.6 Å². The Balaban J connectivity index is 2.57. The third-order valence-corrected chi connectivity index (χ3v) is 2.18. The number of aryl methyl sites for hydroxylation is 1. The second-order valence-corrected chi connectivity index (χ2v) is 3.30. The quantitative estimate of drug-likeness (QED) is 0.741. The molecule has 1 unspecified atom stereocenters. The highest BCUT2D eigenvalue weighted by Gasteiger charge is 2.10. The lowest BCUT2D eigenvalue weighted by atomic mass is 10.2. The Bertz CT molecular complexity index is 340. The molecule has 0 aliphatic heterocycles. The number of carbonyl (C=O) groups excluding carboxylic acids is 1. The first-order valence-corrected chi connectivity index (χ1v) is 4.86. The summed E-state index contributed by atoms with van der Waals surface area (Å²) in [7, 11) is 1.61. The average molecular weight is 208 g/mol. The smallest absolute Gasteiger partial charge is 0.233 e. The van der Waals surface area contributed by atoms with E-state index in [-0.39, 0.29) is 18.5 Å². The third kappa shape index (κ3) is 3.28. The Morgan fingerprint density at radius 1 is 1.47 bits per heavy atom. The molecule has 0 saturated carbocycles. The van der Waals surface area contributed by atoms with E-state index in [1.165, 1.54) is 0 Å². The van der Waals surface area contributed by atoms with E-state index in [0.717, 1.165) is 11.4 Å². The first kappa shape index (κ1) is 11.6. The van der Waals surface area contributed by atoms with Gasteiger partial charge in [-0.15, -0.1) is 0 Å². The summed E-state index contributed by atoms with van der Waals surface area (Å²) in [5.74, 6) is -0.0385. The summed E-state index contributed by atoms with van der Waals surface area (Å²) in [5.41, 5.74) is 1.76. The molecule has 1 heterocycles. The van der Waals surface area contributed by atoms with Gasteiger partial charge in [0.2, 0.25) is 5.91 Å². The number of rotatable bonds is 4. The maximum atomic E-state index is 11.0. The van der Waals surface area contributed by atoms with Gasteiger partial charge in [0.1, 0.15) is 0 Å². The fourth-order valence-corrected chi connectivity index (χ4v) is 1.27. The topological polar surface area (TPSA) is 66.9 Å². The molecule has 82 valence electrons. The molecule has 0 aliphatic rings. The zero-order chi connectivity index (χ0) is 11.3. The van der Waals surface area contributed by atoms with Crippen molar-refractivity contribution >= 4 is 5.91 Å². The van der Waals surface area contributed by atoms with Gasteiger partial charge in [-0.25, -0.2) is 0 Å². The lowest BCUT2D eigenvalue weighted by molar-refractivity contribution is -0.119. The van der Waals surface area contributed by atoms with E-state index in [1.54, 1.807) is 19.4 Å². The van der Waals surface area contributed by atoms with Crippen molar-refractivity contribution in [2.75, 3.05) is 13.6 Å². The van der Waals surface area contributed by atoms with Gasteiger partial charge in [-0.05, 0) is 13.8 Å². The van der Waals surface area contributed by atoms with Gasteiger partial charge in [0.25, 0.3) is 0 Å². The van der Waals surface area contributed by atoms with Crippen molar-refractivity contribution in [2.45, 2.75) is 19.9 Å². The number of hydrogen-bond acceptors (Lipinski definition) is 4. The fourth-order valence-electron chi connectivity index (χ4n) is 1.27. The highest BCUT2D eigenvalue weighted by molar-refractivity contribution is 5.77. The minimum atomic E-state index is -0.0385. The highest BCUT2D eigenvalue weighted by atomic mass is 16.1. The minimum absolute atomic E-state index is 0.0241. The van der Waals surface area contributed by atoms with Crippen LogP contribution >= 0.6 is 0 Å². The summed E-state index contributed by atoms with van der Waals surface area (Å²) in [6, 6.07) is 0.0241. The van der Waals surface area contributed by atoms with Gasteiger partial charge >= 0.3 is 0 Å². The lowest BCUT2D eigenvalue weighted by Gasteiger charge is -2.13. The Morgan fingerprint density at radius 3 is 2.73 bits per heavy atom. The van der Waals surface area contributed by atoms with Gasteiger partial charge in [0.15, 0.2) is 0 Å². The molecule has 2 N–H and O–H groups in total. The van der Waals surface area contributed by atoms with Gasteiger partial charge < -0.3 is 10.6 Å². The minimum Gasteiger partial charge on any atom is -0.358 e. The van der Waals surface area contributed by atoms with Crippen LogP contribution in [0.3, 0.4) is 0 Å². The van der Waals surface area contributed by atoms with Crippen molar-refractivity contribution in [1.29, 1.82) is 0 Å². The molecule has 5 nitrogen and oxygen atoms in total. The van der Waals surface area contributed by atoms with Crippen LogP contribution in [0.4, 0.5) is 0 Å². The molecule has 0 fully saturated rings. The molecule has 1 aromatic rings. The van der Waals surface area contributed by atoms with E-state index in [1.807, 2.05) is 13.8 Å². The molecule has 0 radical (unpaired) electrons. The molecule has 15 heavy (non-hydrogen) atoms. The van der Waals surface area contributed by atoms with Crippen LogP contribution in [0.1, 0.15) is 24.4 Å². The van der Waals surface area contributed by atoms with Gasteiger partial charge in [-0.1, -0.05) is 0 Å². The van der Waals surface area contributed by atoms with Gasteiger partial charge in [-0.3, -0.25) is 14.8 Å². The first-order chi connectivity index (χ1) is 7.15. The number of aromatic nitrogens is 2. The number of nitrogens with one attached hydrogen (secondary N) is 2. The van der Waals surface area contributed by atoms with Crippen LogP contribution < -0.4 is 10.6 Å². The summed E-state index contributed by atoms with van der Waals surface area (Å²) < 4.78 is 0. The van der Waals surface area contributed by atoms with Crippen molar-refractivity contribution in [3.63, 3.8) is 0 Å². The predicted molar refractivity (Wildman–Crippen MR) is 57.3 cm³/mol. The van der Waals surface area contributed by atoms with Crippen LogP contribution in [0, 0.1) is 6.92 Å². The van der Waals surface area contributed by atoms with Gasteiger partial charge in [0, 0.05) is 25.5 Å². The number of hydrogen-bond donors (Lipinski definition) is 2. The Morgan fingerprint density at radius 2 is 2.13 bits per heavy atom. The SMILES string of the molecule is CNC(=O)CNC(C)c1nccnc1C. The van der Waals surface area contributed by atoms with Gasteiger partial charge in [-0.2, -0.15) is 0 Å². The van der Waals surface area contributed by atoms with E-state index in [0.29, 0.717) is 0 Å². The molecule has 0 spiro atoms. The van der Waals surface area contributed by atoms with E-state index >= 15 is 0 Å². The maximum Gasteiger partial charge on any atom is 0.233 e. The third-order valence-electron chi connectivity index (χ3n) is 2.18. The molecule has 1 atom stereocenters. The molecule has 1 amide bonds. The van der Waals surface area contributed by atoms with Crippen molar-refractivity contribution < 1.29 is 4.79 Å². The van der Waals surface area contributed by atoms with E-state index in [9.17, 15) is 4.79 Å². The maximum absolute atomic E-state index is 11.0. The van der Waals surface area contributed by atoms with Crippen molar-refractivity contribution in [3.8, 4) is 0 Å². The molecule has 0 aliphatic carbocycles. The Kier molecular flexibility index (Phi) is 4.17. The molecule has 5 heteroatoms. The summed E-state index contributed by atoms with van der Waals surface area (Å²) >= 11 is 0. The van der Waals surface area contributed by atoms with Crippen LogP contribution in [0.15, 0.2) is 12.4 Å². The van der Waals surface area contributed by atoms with E-state index < -0.39 is 0 Å². The zero-order valence-electron chi connectivity index (χ0n) is 9.24. The average Bonchev–Trinajstić information content (AvgIpc) is 2.26. The summed E-state index contributed by atoms with van der Waals surface area (Å²) in [4.78, 5) is 19.4. The van der Waals surface area contributed by atoms with Crippen LogP contribution in [0.25, 0.3) is 0 Å². The fraction of sp³-hybridized carbons (Fsp3) is 0.500. The normalized spacial score (nSPS) is 12.2. The largest absolute Gasteiger partial charge is 0.358 e. The van der Waals surface area contributed by atoms with Crippen LogP contribution in [-0.4, -0.2) is 29.5 Å². The molecule has 0 bridgehead atoms. The molecule has 0 aromatic carbocycles. The van der Waals surface area contributed by atoms with E-state index in [4.69, 9.17) is 0 Å². The van der Waals surface area contributed by atoms with Crippen LogP contribution in [0.5, 0.6) is 0 Å². The number of nitrogens with zero attached hydrogens (tertiary/aromatic N) is 2. The van der Waals surface area contributed by atoms with Crippen molar-refractivity contribution in [2.24, 2.45) is 0 Å². The number of likely N-dealkylation sites (N-methyl/N-ethyl adjacent to an activating group) is 1. The van der Waals surface area contributed by atoms with Crippen LogP contribution in [0.2, 0.25) is 0 Å². The standard InChI is InChI=1S/C10H16N4O/c1-7-10(13-5-4-12-7)8(2)14-6-9(15)11-3/h4-5,8,14H,6H2,1-3H3,(H,11,15). The monoisotopic (exact) mass is 208 g/mol. The second kappa shape index (κ2) is 5.41. The number of carbonyl (C=O) groups is 1. The molecule has 1 rings (SSSR count). The van der Waals surface area contributed by atoms with Crippen molar-refractivity contribution in [3.05, 3.63) is 23.8 Å². The first-order valence-electron chi connectivity index (χ1n) is 4.86. The Labute approximate surface area is 89.3 Å². The molecule has 0 saturated heterocycles. The molecular weight excluding hydrogens is 192 g/mol. The summed E-state index contributed by atoms with van der Waals surface area (Å²) in [6.45, 7) is 4.15. The van der Waals surface area contributed by atoms with Crippen LogP contribution in [-0.2, 0) is 4.79 Å². The summed E-state index contributed by atoms with van der Waals surface area (Å²) in [6.07, 6.45) is 3.31. The second-order valence-electron chi connectivity index (χ2n) is 3.30.